The van der Waals surface area contributed by atoms with Crippen LogP contribution >= 0.6 is 0 Å². The summed E-state index contributed by atoms with van der Waals surface area (Å²) >= 11 is 0. The van der Waals surface area contributed by atoms with Crippen LogP contribution in [0.2, 0.25) is 0 Å². The van der Waals surface area contributed by atoms with Gasteiger partial charge in [-0.2, -0.15) is 0 Å². The fraction of sp³-hybridized carbons (Fsp3) is 0.591. The third-order valence-electron chi connectivity index (χ3n) is 6.10. The van der Waals surface area contributed by atoms with Gasteiger partial charge in [0.15, 0.2) is 0 Å². The van der Waals surface area contributed by atoms with E-state index in [1.165, 1.54) is 0 Å². The molecule has 0 aromatic heterocycles. The molecule has 0 radical (unpaired) electrons. The molecule has 2 unspecified atom stereocenters. The molecule has 1 saturated carbocycles. The largest absolute Gasteiger partial charge is 0.496 e. The molecule has 1 aliphatic carbocycles. The van der Waals surface area contributed by atoms with Crippen molar-refractivity contribution in [3.63, 3.8) is 0 Å². The molecule has 29 heavy (non-hydrogen) atoms. The number of aryl methyl sites for hydroxylation is 1. The highest BCUT2D eigenvalue weighted by Gasteiger charge is 2.54. The van der Waals surface area contributed by atoms with E-state index in [2.05, 4.69) is 5.32 Å². The molecule has 3 rings (SSSR count). The zero-order valence-electron chi connectivity index (χ0n) is 17.6. The summed E-state index contributed by atoms with van der Waals surface area (Å²) in [6.07, 6.45) is 5.13. The average Bonchev–Trinajstić information content (AvgIpc) is 2.98. The van der Waals surface area contributed by atoms with Crippen LogP contribution in [0, 0.1) is 6.92 Å². The minimum atomic E-state index is -1.20. The van der Waals surface area contributed by atoms with E-state index in [1.807, 2.05) is 19.9 Å². The Bertz CT molecular complexity index is 802. The Labute approximate surface area is 171 Å². The van der Waals surface area contributed by atoms with Crippen LogP contribution in [0.25, 0.3) is 0 Å². The molecular weight excluding hydrogens is 372 g/mol. The molecule has 2 atom stereocenters. The number of urea groups is 1. The molecule has 1 saturated heterocycles. The second-order valence-electron chi connectivity index (χ2n) is 7.92. The summed E-state index contributed by atoms with van der Waals surface area (Å²) in [5.41, 5.74) is 0.336. The van der Waals surface area contributed by atoms with Gasteiger partial charge < -0.3 is 14.8 Å². The smallest absolute Gasteiger partial charge is 0.329 e. The molecule has 1 aliphatic heterocycles. The zero-order valence-corrected chi connectivity index (χ0v) is 17.6. The number of hydrogen-bond acceptors (Lipinski definition) is 5. The van der Waals surface area contributed by atoms with Crippen molar-refractivity contribution in [3.05, 3.63) is 29.3 Å². The van der Waals surface area contributed by atoms with E-state index in [0.717, 1.165) is 42.6 Å². The molecule has 1 aromatic rings. The van der Waals surface area contributed by atoms with Gasteiger partial charge in [0.1, 0.15) is 23.4 Å². The Morgan fingerprint density at radius 1 is 1.28 bits per heavy atom. The molecule has 1 heterocycles. The molecular formula is C22H30N2O5. The van der Waals surface area contributed by atoms with Gasteiger partial charge in [-0.15, -0.1) is 0 Å². The summed E-state index contributed by atoms with van der Waals surface area (Å²) in [7, 11) is 1.58. The van der Waals surface area contributed by atoms with Gasteiger partial charge >= 0.3 is 12.0 Å². The van der Waals surface area contributed by atoms with Gasteiger partial charge in [0.2, 0.25) is 0 Å². The van der Waals surface area contributed by atoms with Gasteiger partial charge in [0.05, 0.1) is 7.11 Å². The number of benzene rings is 1. The van der Waals surface area contributed by atoms with Crippen molar-refractivity contribution in [2.75, 3.05) is 7.11 Å². The lowest BCUT2D eigenvalue weighted by atomic mass is 9.86. The van der Waals surface area contributed by atoms with Crippen LogP contribution in [-0.2, 0) is 19.9 Å². The number of carbonyl (C=O) groups is 3. The van der Waals surface area contributed by atoms with Crippen LogP contribution in [-0.4, -0.2) is 42.1 Å². The summed E-state index contributed by atoms with van der Waals surface area (Å²) in [6, 6.07) is 3.86. The standard InChI is InChI=1S/C22H30N2O5/c1-5-22(16-11-12-18(28-4)14(2)13-16)20(26)24(21(27)23-22)15(3)19(25)29-17-9-7-6-8-10-17/h11-13,15,17H,5-10H2,1-4H3,(H,23,27). The van der Waals surface area contributed by atoms with Crippen molar-refractivity contribution in [2.45, 2.75) is 77.0 Å². The Morgan fingerprint density at radius 2 is 1.97 bits per heavy atom. The normalized spacial score (nSPS) is 23.7. The van der Waals surface area contributed by atoms with E-state index in [-0.39, 0.29) is 6.10 Å². The van der Waals surface area contributed by atoms with Crippen LogP contribution in [0.4, 0.5) is 4.79 Å². The first-order chi connectivity index (χ1) is 13.8. The predicted octanol–water partition coefficient (Wildman–Crippen LogP) is 3.43. The monoisotopic (exact) mass is 402 g/mol. The van der Waals surface area contributed by atoms with Crippen molar-refractivity contribution < 1.29 is 23.9 Å². The van der Waals surface area contributed by atoms with Crippen LogP contribution in [0.3, 0.4) is 0 Å². The van der Waals surface area contributed by atoms with Crippen LogP contribution in [0.15, 0.2) is 18.2 Å². The number of imide groups is 1. The number of nitrogens with one attached hydrogen (secondary N) is 1. The minimum absolute atomic E-state index is 0.125. The maximum absolute atomic E-state index is 13.4. The number of esters is 1. The van der Waals surface area contributed by atoms with Gasteiger partial charge in [0, 0.05) is 0 Å². The van der Waals surface area contributed by atoms with Gasteiger partial charge in [-0.05, 0) is 69.2 Å². The number of rotatable bonds is 6. The highest BCUT2D eigenvalue weighted by atomic mass is 16.5. The Kier molecular flexibility index (Phi) is 6.15. The minimum Gasteiger partial charge on any atom is -0.496 e. The lowest BCUT2D eigenvalue weighted by Gasteiger charge is -2.28. The Balaban J connectivity index is 1.83. The number of carbonyl (C=O) groups excluding carboxylic acids is 3. The summed E-state index contributed by atoms with van der Waals surface area (Å²) < 4.78 is 10.9. The van der Waals surface area contributed by atoms with E-state index < -0.39 is 29.5 Å². The highest BCUT2D eigenvalue weighted by molar-refractivity contribution is 6.09. The van der Waals surface area contributed by atoms with E-state index in [9.17, 15) is 14.4 Å². The molecule has 7 heteroatoms. The fourth-order valence-electron chi connectivity index (χ4n) is 4.28. The van der Waals surface area contributed by atoms with E-state index in [0.29, 0.717) is 17.7 Å². The topological polar surface area (TPSA) is 84.9 Å². The average molecular weight is 402 g/mol. The summed E-state index contributed by atoms with van der Waals surface area (Å²) in [4.78, 5) is 39.8. The van der Waals surface area contributed by atoms with E-state index in [1.54, 1.807) is 26.2 Å². The molecule has 1 aromatic carbocycles. The van der Waals surface area contributed by atoms with Crippen LogP contribution in [0.1, 0.15) is 63.5 Å². The first-order valence-corrected chi connectivity index (χ1v) is 10.4. The molecule has 0 bridgehead atoms. The molecule has 2 fully saturated rings. The number of nitrogens with zero attached hydrogens (tertiary/aromatic N) is 1. The molecule has 7 nitrogen and oxygen atoms in total. The molecule has 0 spiro atoms. The highest BCUT2D eigenvalue weighted by Crippen LogP contribution is 2.35. The second-order valence-corrected chi connectivity index (χ2v) is 7.92. The van der Waals surface area contributed by atoms with Crippen LogP contribution < -0.4 is 10.1 Å². The Hall–Kier alpha value is -2.57. The third kappa shape index (κ3) is 3.82. The fourth-order valence-corrected chi connectivity index (χ4v) is 4.28. The second kappa shape index (κ2) is 8.43. The number of ether oxygens (including phenoxy) is 2. The third-order valence-corrected chi connectivity index (χ3v) is 6.10. The van der Waals surface area contributed by atoms with Gasteiger partial charge in [-0.25, -0.2) is 14.5 Å². The van der Waals surface area contributed by atoms with Crippen molar-refractivity contribution >= 4 is 17.9 Å². The van der Waals surface area contributed by atoms with Gasteiger partial charge in [-0.3, -0.25) is 4.79 Å². The first kappa shape index (κ1) is 21.1. The summed E-state index contributed by atoms with van der Waals surface area (Å²) in [6.45, 7) is 5.27. The lowest BCUT2D eigenvalue weighted by Crippen LogP contribution is -2.47. The lowest BCUT2D eigenvalue weighted by molar-refractivity contribution is -0.158. The van der Waals surface area contributed by atoms with Crippen molar-refractivity contribution in [3.8, 4) is 5.75 Å². The van der Waals surface area contributed by atoms with Crippen molar-refractivity contribution in [1.82, 2.24) is 10.2 Å². The van der Waals surface area contributed by atoms with E-state index in [4.69, 9.17) is 9.47 Å². The molecule has 3 amide bonds. The number of hydrogen-bond donors (Lipinski definition) is 1. The van der Waals surface area contributed by atoms with Gasteiger partial charge in [0.25, 0.3) is 5.91 Å². The molecule has 1 N–H and O–H groups in total. The van der Waals surface area contributed by atoms with Crippen molar-refractivity contribution in [2.24, 2.45) is 0 Å². The first-order valence-electron chi connectivity index (χ1n) is 10.4. The Morgan fingerprint density at radius 3 is 2.55 bits per heavy atom. The maximum atomic E-state index is 13.4. The molecule has 2 aliphatic rings. The molecule has 158 valence electrons. The number of methoxy groups -OCH3 is 1. The SMILES string of the molecule is CCC1(c2ccc(OC)c(C)c2)NC(=O)N(C(C)C(=O)OC2CCCCC2)C1=O. The van der Waals surface area contributed by atoms with E-state index >= 15 is 0 Å². The summed E-state index contributed by atoms with van der Waals surface area (Å²) in [5, 5.41) is 2.83. The zero-order chi connectivity index (χ0) is 21.2. The quantitative estimate of drug-likeness (QED) is 0.582. The summed E-state index contributed by atoms with van der Waals surface area (Å²) in [5.74, 6) is -0.251. The number of amides is 3. The predicted molar refractivity (Wildman–Crippen MR) is 108 cm³/mol. The maximum Gasteiger partial charge on any atom is 0.329 e. The van der Waals surface area contributed by atoms with Crippen molar-refractivity contribution in [1.29, 1.82) is 0 Å². The van der Waals surface area contributed by atoms with Gasteiger partial charge in [-0.1, -0.05) is 19.4 Å². The van der Waals surface area contributed by atoms with Crippen LogP contribution in [0.5, 0.6) is 5.75 Å².